The molecule has 0 aliphatic rings. The van der Waals surface area contributed by atoms with Crippen molar-refractivity contribution < 1.29 is 14.6 Å². The minimum absolute atomic E-state index is 0.0469. The lowest BCUT2D eigenvalue weighted by molar-refractivity contribution is 0.104. The fraction of sp³-hybridized carbons (Fsp3) is 0.348. The van der Waals surface area contributed by atoms with Gasteiger partial charge < -0.3 is 15.6 Å². The maximum absolute atomic E-state index is 12.4. The van der Waals surface area contributed by atoms with Crippen LogP contribution in [-0.2, 0) is 5.41 Å². The number of nitrogens with two attached hydrogens (primary N) is 1. The molecule has 0 bridgehead atoms. The Kier molecular flexibility index (Phi) is 6.32. The summed E-state index contributed by atoms with van der Waals surface area (Å²) in [6.45, 7) is 10.1. The van der Waals surface area contributed by atoms with Gasteiger partial charge in [0.1, 0.15) is 11.5 Å². The minimum Gasteiger partial charge on any atom is -0.508 e. The highest BCUT2D eigenvalue weighted by molar-refractivity contribution is 6.07. The average Bonchev–Trinajstić information content (AvgIpc) is 2.60. The lowest BCUT2D eigenvalue weighted by atomic mass is 9.81. The average molecular weight is 367 g/mol. The Morgan fingerprint density at radius 2 is 1.85 bits per heavy atom. The first-order valence-electron chi connectivity index (χ1n) is 9.26. The van der Waals surface area contributed by atoms with Gasteiger partial charge in [0.05, 0.1) is 6.10 Å². The van der Waals surface area contributed by atoms with Crippen molar-refractivity contribution in [2.75, 3.05) is 5.73 Å². The molecule has 0 saturated heterocycles. The third-order valence-electron chi connectivity index (χ3n) is 4.71. The Labute approximate surface area is 161 Å². The quantitative estimate of drug-likeness (QED) is 0.393. The van der Waals surface area contributed by atoms with E-state index in [-0.39, 0.29) is 23.1 Å². The molecular formula is C23H29NO3. The van der Waals surface area contributed by atoms with E-state index in [2.05, 4.69) is 20.8 Å². The second-order valence-corrected chi connectivity index (χ2v) is 7.63. The standard InChI is InChI=1S/C23H29NO3/c1-6-23(4,5)19-13-17(22(14-21(19)26)27-15(2)3)9-12-20(25)16-7-10-18(24)11-8-16/h7-15,26H,6,24H2,1-5H3/b12-9+. The molecule has 4 heteroatoms. The van der Waals surface area contributed by atoms with Gasteiger partial charge in [0.2, 0.25) is 0 Å². The van der Waals surface area contributed by atoms with Gasteiger partial charge in [-0.2, -0.15) is 0 Å². The fourth-order valence-corrected chi connectivity index (χ4v) is 2.71. The predicted molar refractivity (Wildman–Crippen MR) is 111 cm³/mol. The number of nitrogen functional groups attached to an aromatic ring is 1. The molecule has 144 valence electrons. The summed E-state index contributed by atoms with van der Waals surface area (Å²) < 4.78 is 5.84. The summed E-state index contributed by atoms with van der Waals surface area (Å²) in [7, 11) is 0. The zero-order valence-electron chi connectivity index (χ0n) is 16.7. The molecule has 4 nitrogen and oxygen atoms in total. The Balaban J connectivity index is 2.43. The lowest BCUT2D eigenvalue weighted by Crippen LogP contribution is -2.16. The maximum atomic E-state index is 12.4. The van der Waals surface area contributed by atoms with E-state index < -0.39 is 0 Å². The summed E-state index contributed by atoms with van der Waals surface area (Å²) in [5, 5.41) is 10.5. The van der Waals surface area contributed by atoms with Crippen molar-refractivity contribution in [1.82, 2.24) is 0 Å². The highest BCUT2D eigenvalue weighted by Gasteiger charge is 2.23. The maximum Gasteiger partial charge on any atom is 0.185 e. The van der Waals surface area contributed by atoms with Gasteiger partial charge in [0.15, 0.2) is 5.78 Å². The highest BCUT2D eigenvalue weighted by Crippen LogP contribution is 2.38. The molecule has 2 aromatic carbocycles. The molecule has 27 heavy (non-hydrogen) atoms. The molecule has 0 heterocycles. The second kappa shape index (κ2) is 8.30. The van der Waals surface area contributed by atoms with Crippen LogP contribution >= 0.6 is 0 Å². The number of carbonyl (C=O) groups is 1. The lowest BCUT2D eigenvalue weighted by Gasteiger charge is -2.26. The molecule has 0 unspecified atom stereocenters. The van der Waals surface area contributed by atoms with E-state index in [1.54, 1.807) is 36.4 Å². The number of benzene rings is 2. The molecule has 3 N–H and O–H groups in total. The van der Waals surface area contributed by atoms with Gasteiger partial charge >= 0.3 is 0 Å². The van der Waals surface area contributed by atoms with Crippen LogP contribution < -0.4 is 10.5 Å². The third kappa shape index (κ3) is 5.13. The molecular weight excluding hydrogens is 338 g/mol. The number of hydrogen-bond donors (Lipinski definition) is 2. The molecule has 0 saturated carbocycles. The van der Waals surface area contributed by atoms with Gasteiger partial charge in [0.25, 0.3) is 0 Å². The van der Waals surface area contributed by atoms with Crippen LogP contribution in [0.2, 0.25) is 0 Å². The van der Waals surface area contributed by atoms with Crippen LogP contribution in [0.1, 0.15) is 62.5 Å². The number of aromatic hydroxyl groups is 1. The first kappa shape index (κ1) is 20.6. The fourth-order valence-electron chi connectivity index (χ4n) is 2.71. The van der Waals surface area contributed by atoms with Gasteiger partial charge in [-0.1, -0.05) is 20.8 Å². The smallest absolute Gasteiger partial charge is 0.185 e. The van der Waals surface area contributed by atoms with Crippen molar-refractivity contribution >= 4 is 17.5 Å². The number of hydrogen-bond acceptors (Lipinski definition) is 4. The number of allylic oxidation sites excluding steroid dienone is 1. The van der Waals surface area contributed by atoms with E-state index in [1.807, 2.05) is 19.9 Å². The monoisotopic (exact) mass is 367 g/mol. The molecule has 0 spiro atoms. The molecule has 2 rings (SSSR count). The van der Waals surface area contributed by atoms with Gasteiger partial charge in [-0.3, -0.25) is 4.79 Å². The zero-order chi connectivity index (χ0) is 20.2. The second-order valence-electron chi connectivity index (χ2n) is 7.63. The van der Waals surface area contributed by atoms with Gasteiger partial charge in [0, 0.05) is 28.4 Å². The molecule has 0 aliphatic heterocycles. The largest absolute Gasteiger partial charge is 0.508 e. The highest BCUT2D eigenvalue weighted by atomic mass is 16.5. The number of rotatable bonds is 7. The number of phenols is 1. The topological polar surface area (TPSA) is 72.6 Å². The van der Waals surface area contributed by atoms with E-state index in [4.69, 9.17) is 10.5 Å². The summed E-state index contributed by atoms with van der Waals surface area (Å²) >= 11 is 0. The molecule has 0 fully saturated rings. The van der Waals surface area contributed by atoms with Crippen molar-refractivity contribution in [2.45, 2.75) is 52.6 Å². The summed E-state index contributed by atoms with van der Waals surface area (Å²) in [5.41, 5.74) is 8.27. The Morgan fingerprint density at radius 3 is 2.41 bits per heavy atom. The van der Waals surface area contributed by atoms with Gasteiger partial charge in [-0.25, -0.2) is 0 Å². The van der Waals surface area contributed by atoms with Crippen LogP contribution in [0.15, 0.2) is 42.5 Å². The van der Waals surface area contributed by atoms with E-state index in [0.717, 1.165) is 17.5 Å². The number of phenolic OH excluding ortho intramolecular Hbond substituents is 1. The summed E-state index contributed by atoms with van der Waals surface area (Å²) in [5.74, 6) is 0.647. The zero-order valence-corrected chi connectivity index (χ0v) is 16.7. The van der Waals surface area contributed by atoms with Gasteiger partial charge in [-0.05, 0) is 68.2 Å². The van der Waals surface area contributed by atoms with Crippen LogP contribution in [0.5, 0.6) is 11.5 Å². The SMILES string of the molecule is CCC(C)(C)c1cc(/C=C/C(=O)c2ccc(N)cc2)c(OC(C)C)cc1O. The number of ketones is 1. The number of ether oxygens (including phenoxy) is 1. The number of anilines is 1. The van der Waals surface area contributed by atoms with Crippen molar-refractivity contribution in [3.05, 3.63) is 59.2 Å². The molecule has 0 aromatic heterocycles. The van der Waals surface area contributed by atoms with E-state index in [9.17, 15) is 9.90 Å². The van der Waals surface area contributed by atoms with Gasteiger partial charge in [-0.15, -0.1) is 0 Å². The van der Waals surface area contributed by atoms with E-state index in [0.29, 0.717) is 17.0 Å². The van der Waals surface area contributed by atoms with Crippen molar-refractivity contribution in [1.29, 1.82) is 0 Å². The van der Waals surface area contributed by atoms with Crippen molar-refractivity contribution in [2.24, 2.45) is 0 Å². The van der Waals surface area contributed by atoms with Crippen LogP contribution in [0, 0.1) is 0 Å². The van der Waals surface area contributed by atoms with E-state index in [1.165, 1.54) is 6.08 Å². The third-order valence-corrected chi connectivity index (χ3v) is 4.71. The molecule has 0 radical (unpaired) electrons. The molecule has 2 aromatic rings. The number of carbonyl (C=O) groups excluding carboxylic acids is 1. The summed E-state index contributed by atoms with van der Waals surface area (Å²) in [4.78, 5) is 12.4. The van der Waals surface area contributed by atoms with Crippen LogP contribution in [0.4, 0.5) is 5.69 Å². The first-order chi connectivity index (χ1) is 12.6. The molecule has 0 atom stereocenters. The molecule has 0 amide bonds. The Morgan fingerprint density at radius 1 is 1.22 bits per heavy atom. The molecule has 0 aliphatic carbocycles. The minimum atomic E-state index is -0.190. The van der Waals surface area contributed by atoms with Crippen molar-refractivity contribution in [3.8, 4) is 11.5 Å². The van der Waals surface area contributed by atoms with Crippen LogP contribution in [0.3, 0.4) is 0 Å². The summed E-state index contributed by atoms with van der Waals surface area (Å²) in [6.07, 6.45) is 4.09. The first-order valence-corrected chi connectivity index (χ1v) is 9.26. The van der Waals surface area contributed by atoms with Crippen LogP contribution in [0.25, 0.3) is 6.08 Å². The predicted octanol–water partition coefficient (Wildman–Crippen LogP) is 5.35. The Hall–Kier alpha value is -2.75. The summed E-state index contributed by atoms with van der Waals surface area (Å²) in [6, 6.07) is 10.4. The van der Waals surface area contributed by atoms with Crippen LogP contribution in [-0.4, -0.2) is 17.0 Å². The van der Waals surface area contributed by atoms with Crippen molar-refractivity contribution in [3.63, 3.8) is 0 Å². The van der Waals surface area contributed by atoms with E-state index >= 15 is 0 Å². The Bertz CT molecular complexity index is 833. The normalized spacial score (nSPS) is 11.9.